The zero-order valence-corrected chi connectivity index (χ0v) is 19.8. The fourth-order valence-electron chi connectivity index (χ4n) is 5.45. The van der Waals surface area contributed by atoms with Gasteiger partial charge in [-0.05, 0) is 30.7 Å². The van der Waals surface area contributed by atoms with E-state index in [0.717, 1.165) is 10.5 Å². The SMILES string of the molecule is Cc1ccc([C@@H]2OC3(C(=O)c4ccccc4C3=O)[C@@H]3C(=O)N(c4ccc(Cl)c(Cl)c4)C(=O)[C@H]32)cc1. The Balaban J connectivity index is 1.54. The summed E-state index contributed by atoms with van der Waals surface area (Å²) in [6, 6.07) is 18.1. The molecular weight excluding hydrogens is 489 g/mol. The third kappa shape index (κ3) is 2.88. The Bertz CT molecular complexity index is 1430. The average Bonchev–Trinajstić information content (AvgIpc) is 3.41. The molecule has 2 amide bonds. The lowest BCUT2D eigenvalue weighted by atomic mass is 9.77. The second kappa shape index (κ2) is 7.59. The van der Waals surface area contributed by atoms with E-state index in [-0.39, 0.29) is 26.9 Å². The first kappa shape index (κ1) is 22.2. The Morgan fingerprint density at radius 1 is 0.800 bits per heavy atom. The number of Topliss-reactive ketones (excluding diaryl/α,β-unsaturated/α-hetero) is 2. The number of anilines is 1. The quantitative estimate of drug-likeness (QED) is 0.361. The second-order valence-electron chi connectivity index (χ2n) is 9.00. The third-order valence-electron chi connectivity index (χ3n) is 7.09. The molecule has 0 bridgehead atoms. The first-order valence-corrected chi connectivity index (χ1v) is 11.8. The van der Waals surface area contributed by atoms with E-state index in [1.54, 1.807) is 36.4 Å². The maximum Gasteiger partial charge on any atom is 0.241 e. The number of ether oxygens (including phenoxy) is 1. The Kier molecular flexibility index (Phi) is 4.81. The monoisotopic (exact) mass is 505 g/mol. The molecule has 2 fully saturated rings. The highest BCUT2D eigenvalue weighted by Gasteiger charge is 2.74. The highest BCUT2D eigenvalue weighted by molar-refractivity contribution is 6.42. The van der Waals surface area contributed by atoms with Crippen molar-refractivity contribution in [3.63, 3.8) is 0 Å². The van der Waals surface area contributed by atoms with Crippen LogP contribution in [0.25, 0.3) is 0 Å². The van der Waals surface area contributed by atoms with E-state index in [1.165, 1.54) is 18.2 Å². The lowest BCUT2D eigenvalue weighted by molar-refractivity contribution is -0.127. The Morgan fingerprint density at radius 3 is 2.03 bits per heavy atom. The standard InChI is InChI=1S/C27H17Cl2NO5/c1-13-6-8-14(9-7-13)22-20-21(26(34)30(25(20)33)15-10-11-18(28)19(29)12-15)27(35-22)23(31)16-4-2-3-5-17(16)24(27)32/h2-12,20-22H,1H3/t20-,21+,22+/m1/s1. The summed E-state index contributed by atoms with van der Waals surface area (Å²) in [5.74, 6) is -4.82. The highest BCUT2D eigenvalue weighted by Crippen LogP contribution is 2.57. The minimum Gasteiger partial charge on any atom is -0.349 e. The number of rotatable bonds is 2. The number of fused-ring (bicyclic) bond motifs is 3. The van der Waals surface area contributed by atoms with Crippen LogP contribution in [0.3, 0.4) is 0 Å². The van der Waals surface area contributed by atoms with Crippen molar-refractivity contribution in [1.82, 2.24) is 0 Å². The lowest BCUT2D eigenvalue weighted by Gasteiger charge is -2.27. The van der Waals surface area contributed by atoms with E-state index in [4.69, 9.17) is 27.9 Å². The smallest absolute Gasteiger partial charge is 0.241 e. The van der Waals surface area contributed by atoms with Gasteiger partial charge in [-0.25, -0.2) is 4.90 Å². The number of benzene rings is 3. The molecule has 3 atom stereocenters. The summed E-state index contributed by atoms with van der Waals surface area (Å²) in [6.45, 7) is 1.92. The van der Waals surface area contributed by atoms with Gasteiger partial charge in [0.25, 0.3) is 0 Å². The van der Waals surface area contributed by atoms with E-state index < -0.39 is 46.9 Å². The molecule has 3 aromatic rings. The van der Waals surface area contributed by atoms with Gasteiger partial charge in [0, 0.05) is 11.1 Å². The molecular formula is C27H17Cl2NO5. The molecule has 6 rings (SSSR count). The number of ketones is 2. The number of nitrogens with zero attached hydrogens (tertiary/aromatic N) is 1. The van der Waals surface area contributed by atoms with E-state index in [0.29, 0.717) is 5.56 Å². The van der Waals surface area contributed by atoms with Crippen molar-refractivity contribution in [2.24, 2.45) is 11.8 Å². The zero-order valence-electron chi connectivity index (χ0n) is 18.3. The van der Waals surface area contributed by atoms with E-state index in [9.17, 15) is 19.2 Å². The number of hydrogen-bond donors (Lipinski definition) is 0. The van der Waals surface area contributed by atoms with Crippen LogP contribution in [0.1, 0.15) is 37.9 Å². The van der Waals surface area contributed by atoms with Crippen LogP contribution < -0.4 is 4.90 Å². The van der Waals surface area contributed by atoms with Crippen LogP contribution in [0.4, 0.5) is 5.69 Å². The number of imide groups is 1. The van der Waals surface area contributed by atoms with Gasteiger partial charge in [-0.15, -0.1) is 0 Å². The first-order chi connectivity index (χ1) is 16.8. The summed E-state index contributed by atoms with van der Waals surface area (Å²) in [4.78, 5) is 56.1. The molecule has 0 aromatic heterocycles. The maximum absolute atomic E-state index is 13.9. The van der Waals surface area contributed by atoms with Crippen LogP contribution >= 0.6 is 23.2 Å². The molecule has 35 heavy (non-hydrogen) atoms. The number of amides is 2. The van der Waals surface area contributed by atoms with Crippen LogP contribution in [0.15, 0.2) is 66.7 Å². The number of aryl methyl sites for hydroxylation is 1. The molecule has 8 heteroatoms. The van der Waals surface area contributed by atoms with Crippen LogP contribution in [-0.2, 0) is 14.3 Å². The molecule has 174 valence electrons. The van der Waals surface area contributed by atoms with Gasteiger partial charge in [0.1, 0.15) is 0 Å². The van der Waals surface area contributed by atoms with Gasteiger partial charge in [-0.2, -0.15) is 0 Å². The van der Waals surface area contributed by atoms with Gasteiger partial charge >= 0.3 is 0 Å². The van der Waals surface area contributed by atoms with Gasteiger partial charge < -0.3 is 4.74 Å². The Labute approximate surface area is 210 Å². The first-order valence-electron chi connectivity index (χ1n) is 11.0. The predicted molar refractivity (Wildman–Crippen MR) is 129 cm³/mol. The van der Waals surface area contributed by atoms with Crippen LogP contribution in [0, 0.1) is 18.8 Å². The Morgan fingerprint density at radius 2 is 1.43 bits per heavy atom. The van der Waals surface area contributed by atoms with Gasteiger partial charge in [0.05, 0.1) is 33.7 Å². The largest absolute Gasteiger partial charge is 0.349 e. The highest BCUT2D eigenvalue weighted by atomic mass is 35.5. The van der Waals surface area contributed by atoms with Crippen LogP contribution in [0.2, 0.25) is 10.0 Å². The van der Waals surface area contributed by atoms with Crippen LogP contribution in [0.5, 0.6) is 0 Å². The summed E-state index contributed by atoms with van der Waals surface area (Å²) in [5, 5.41) is 0.437. The molecule has 0 N–H and O–H groups in total. The van der Waals surface area contributed by atoms with Crippen LogP contribution in [-0.4, -0.2) is 29.0 Å². The molecule has 1 aliphatic carbocycles. The number of carbonyl (C=O) groups is 4. The van der Waals surface area contributed by atoms with Gasteiger partial charge in [-0.1, -0.05) is 77.3 Å². The van der Waals surface area contributed by atoms with Crippen molar-refractivity contribution in [2.45, 2.75) is 18.6 Å². The zero-order chi connectivity index (χ0) is 24.6. The fraction of sp³-hybridized carbons (Fsp3) is 0.185. The number of hydrogen-bond acceptors (Lipinski definition) is 5. The topological polar surface area (TPSA) is 80.8 Å². The average molecular weight is 506 g/mol. The third-order valence-corrected chi connectivity index (χ3v) is 7.83. The van der Waals surface area contributed by atoms with Crippen molar-refractivity contribution < 1.29 is 23.9 Å². The normalized spacial score (nSPS) is 24.4. The lowest BCUT2D eigenvalue weighted by Crippen LogP contribution is -2.51. The summed E-state index contributed by atoms with van der Waals surface area (Å²) in [7, 11) is 0. The molecule has 6 nitrogen and oxygen atoms in total. The van der Waals surface area contributed by atoms with E-state index in [2.05, 4.69) is 0 Å². The van der Waals surface area contributed by atoms with Gasteiger partial charge in [0.2, 0.25) is 29.0 Å². The van der Waals surface area contributed by atoms with Gasteiger partial charge in [0.15, 0.2) is 0 Å². The molecule has 2 saturated heterocycles. The molecule has 0 unspecified atom stereocenters. The molecule has 0 saturated carbocycles. The maximum atomic E-state index is 13.9. The van der Waals surface area contributed by atoms with E-state index >= 15 is 0 Å². The Hall–Kier alpha value is -3.32. The van der Waals surface area contributed by atoms with Gasteiger partial charge in [-0.3, -0.25) is 19.2 Å². The molecule has 1 spiro atoms. The number of halogens is 2. The van der Waals surface area contributed by atoms with Crippen molar-refractivity contribution in [3.05, 3.63) is 99.0 Å². The minimum absolute atomic E-state index is 0.170. The summed E-state index contributed by atoms with van der Waals surface area (Å²) >= 11 is 12.2. The summed E-state index contributed by atoms with van der Waals surface area (Å²) < 4.78 is 6.26. The summed E-state index contributed by atoms with van der Waals surface area (Å²) in [5.41, 5.74) is 0.0858. The predicted octanol–water partition coefficient (Wildman–Crippen LogP) is 5.00. The van der Waals surface area contributed by atoms with E-state index in [1.807, 2.05) is 19.1 Å². The molecule has 2 aliphatic heterocycles. The van der Waals surface area contributed by atoms with Crippen molar-refractivity contribution in [2.75, 3.05) is 4.90 Å². The second-order valence-corrected chi connectivity index (χ2v) is 9.82. The molecule has 3 aliphatic rings. The summed E-state index contributed by atoms with van der Waals surface area (Å²) in [6.07, 6.45) is -0.966. The number of carbonyl (C=O) groups excluding carboxylic acids is 4. The van der Waals surface area contributed by atoms with Crippen molar-refractivity contribution in [3.8, 4) is 0 Å². The molecule has 0 radical (unpaired) electrons. The molecule has 2 heterocycles. The minimum atomic E-state index is -2.11. The molecule has 3 aromatic carbocycles. The fourth-order valence-corrected chi connectivity index (χ4v) is 5.75. The van der Waals surface area contributed by atoms with Crippen molar-refractivity contribution >= 4 is 52.3 Å². The van der Waals surface area contributed by atoms with Crippen molar-refractivity contribution in [1.29, 1.82) is 0 Å².